The molecule has 2 aliphatic carbocycles. The average molecular weight is 554 g/mol. The van der Waals surface area contributed by atoms with Crippen molar-refractivity contribution < 1.29 is 38.1 Å². The zero-order valence-corrected chi connectivity index (χ0v) is 23.8. The second-order valence-electron chi connectivity index (χ2n) is 10.7. The highest BCUT2D eigenvalue weighted by atomic mass is 16.6. The second-order valence-corrected chi connectivity index (χ2v) is 10.7. The number of hydrogen-bond donors (Lipinski definition) is 3. The van der Waals surface area contributed by atoms with Gasteiger partial charge in [0.1, 0.15) is 5.60 Å². The lowest BCUT2D eigenvalue weighted by molar-refractivity contribution is -0.120. The van der Waals surface area contributed by atoms with E-state index in [1.807, 2.05) is 0 Å². The summed E-state index contributed by atoms with van der Waals surface area (Å²) >= 11 is 0. The van der Waals surface area contributed by atoms with E-state index >= 15 is 0 Å². The Hall–Kier alpha value is -2.55. The highest BCUT2D eigenvalue weighted by Gasteiger charge is 2.49. The van der Waals surface area contributed by atoms with E-state index in [0.717, 1.165) is 25.7 Å². The van der Waals surface area contributed by atoms with Gasteiger partial charge in [-0.15, -0.1) is 11.8 Å². The maximum Gasteiger partial charge on any atom is 0.408 e. The van der Waals surface area contributed by atoms with E-state index in [9.17, 15) is 14.4 Å². The molecule has 3 N–H and O–H groups in total. The molecular weight excluding hydrogens is 506 g/mol. The molecule has 2 aliphatic rings. The molecule has 3 amide bonds. The Kier molecular flexibility index (Phi) is 15.6. The Labute approximate surface area is 232 Å². The van der Waals surface area contributed by atoms with Crippen LogP contribution >= 0.6 is 0 Å². The summed E-state index contributed by atoms with van der Waals surface area (Å²) in [5, 5.41) is 7.89. The minimum absolute atomic E-state index is 0.132. The molecule has 11 nitrogen and oxygen atoms in total. The van der Waals surface area contributed by atoms with Crippen molar-refractivity contribution in [1.82, 2.24) is 16.0 Å². The number of nitrogens with one attached hydrogen (secondary N) is 3. The zero-order chi connectivity index (χ0) is 28.3. The average Bonchev–Trinajstić information content (AvgIpc) is 3.51. The van der Waals surface area contributed by atoms with Gasteiger partial charge in [-0.3, -0.25) is 4.79 Å². The second kappa shape index (κ2) is 18.7. The fourth-order valence-electron chi connectivity index (χ4n) is 4.34. The van der Waals surface area contributed by atoms with Crippen LogP contribution in [-0.2, 0) is 28.5 Å². The van der Waals surface area contributed by atoms with Crippen LogP contribution < -0.4 is 16.0 Å². The van der Waals surface area contributed by atoms with Gasteiger partial charge >= 0.3 is 12.2 Å². The van der Waals surface area contributed by atoms with Gasteiger partial charge in [0, 0.05) is 39.1 Å². The first-order valence-electron chi connectivity index (χ1n) is 14.1. The van der Waals surface area contributed by atoms with Gasteiger partial charge < -0.3 is 39.6 Å². The first-order chi connectivity index (χ1) is 18.8. The predicted molar refractivity (Wildman–Crippen MR) is 145 cm³/mol. The molecule has 1 saturated carbocycles. The largest absolute Gasteiger partial charge is 0.449 e. The quantitative estimate of drug-likeness (QED) is 0.174. The molecule has 0 radical (unpaired) electrons. The normalized spacial score (nSPS) is 19.8. The lowest BCUT2D eigenvalue weighted by Gasteiger charge is -2.19. The van der Waals surface area contributed by atoms with Gasteiger partial charge in [-0.1, -0.05) is 0 Å². The molecule has 11 heteroatoms. The molecule has 2 unspecified atom stereocenters. The first kappa shape index (κ1) is 32.7. The number of carbonyl (C=O) groups is 3. The van der Waals surface area contributed by atoms with Crippen molar-refractivity contribution in [3.05, 3.63) is 0 Å². The summed E-state index contributed by atoms with van der Waals surface area (Å²) in [4.78, 5) is 35.1. The van der Waals surface area contributed by atoms with Crippen LogP contribution in [0.1, 0.15) is 59.3 Å². The fraction of sp³-hybridized carbons (Fsp3) is 0.821. The van der Waals surface area contributed by atoms with Crippen molar-refractivity contribution in [3.8, 4) is 11.8 Å². The third-order valence-electron chi connectivity index (χ3n) is 6.30. The van der Waals surface area contributed by atoms with E-state index < -0.39 is 11.7 Å². The summed E-state index contributed by atoms with van der Waals surface area (Å²) in [6, 6.07) is 0. The smallest absolute Gasteiger partial charge is 0.408 e. The molecule has 0 aromatic carbocycles. The van der Waals surface area contributed by atoms with E-state index in [1.165, 1.54) is 0 Å². The Bertz CT molecular complexity index is 787. The summed E-state index contributed by atoms with van der Waals surface area (Å²) in [6.07, 6.45) is 4.56. The van der Waals surface area contributed by atoms with Gasteiger partial charge in [0.2, 0.25) is 5.91 Å². The summed E-state index contributed by atoms with van der Waals surface area (Å²) in [6.45, 7) is 9.48. The van der Waals surface area contributed by atoms with E-state index in [4.69, 9.17) is 23.7 Å². The van der Waals surface area contributed by atoms with Crippen LogP contribution in [0.25, 0.3) is 0 Å². The lowest BCUT2D eigenvalue weighted by atomic mass is 10.1. The molecular formula is C28H47N3O8. The number of hydrogen-bond acceptors (Lipinski definition) is 8. The van der Waals surface area contributed by atoms with Crippen molar-refractivity contribution in [3.63, 3.8) is 0 Å². The highest BCUT2D eigenvalue weighted by Crippen LogP contribution is 2.52. The van der Waals surface area contributed by atoms with Crippen LogP contribution in [-0.4, -0.2) is 89.6 Å². The summed E-state index contributed by atoms with van der Waals surface area (Å²) in [5.74, 6) is 7.96. The van der Waals surface area contributed by atoms with Crippen LogP contribution in [0.5, 0.6) is 0 Å². The van der Waals surface area contributed by atoms with Crippen LogP contribution in [0, 0.1) is 29.6 Å². The standard InChI is InChI=1S/C28H47N3O8/c1-28(2,3)39-27(34)31-20-25(32)29-12-8-14-35-16-18-37-19-17-36-15-9-13-30-26(33)38-21-24-22-10-6-4-5-7-11-23(22)24/h22-24H,6-21H2,1-3H3,(H,29,32)(H,30,33)(H,31,34). The molecule has 1 fully saturated rings. The molecule has 0 aromatic rings. The highest BCUT2D eigenvalue weighted by molar-refractivity contribution is 5.82. The zero-order valence-electron chi connectivity index (χ0n) is 23.8. The summed E-state index contributed by atoms with van der Waals surface area (Å²) in [5.41, 5.74) is -0.602. The Morgan fingerprint density at radius 2 is 1.28 bits per heavy atom. The molecule has 0 aliphatic heterocycles. The third-order valence-corrected chi connectivity index (χ3v) is 6.30. The van der Waals surface area contributed by atoms with Gasteiger partial charge in [0.25, 0.3) is 0 Å². The molecule has 2 rings (SSSR count). The number of alkyl carbamates (subject to hydrolysis) is 2. The molecule has 0 bridgehead atoms. The van der Waals surface area contributed by atoms with Gasteiger partial charge in [-0.05, 0) is 64.2 Å². The molecule has 0 spiro atoms. The van der Waals surface area contributed by atoms with Crippen molar-refractivity contribution >= 4 is 18.1 Å². The molecule has 0 heterocycles. The van der Waals surface area contributed by atoms with Crippen LogP contribution in [0.2, 0.25) is 0 Å². The number of rotatable bonds is 18. The predicted octanol–water partition coefficient (Wildman–Crippen LogP) is 2.62. The Morgan fingerprint density at radius 3 is 1.85 bits per heavy atom. The lowest BCUT2D eigenvalue weighted by Crippen LogP contribution is -2.40. The minimum Gasteiger partial charge on any atom is -0.449 e. The van der Waals surface area contributed by atoms with Crippen molar-refractivity contribution in [2.45, 2.75) is 64.9 Å². The maximum atomic E-state index is 11.9. The summed E-state index contributed by atoms with van der Waals surface area (Å²) < 4.78 is 26.9. The van der Waals surface area contributed by atoms with E-state index in [-0.39, 0.29) is 18.5 Å². The topological polar surface area (TPSA) is 133 Å². The van der Waals surface area contributed by atoms with Gasteiger partial charge in [0.05, 0.1) is 39.6 Å². The minimum atomic E-state index is -0.622. The number of amides is 3. The number of fused-ring (bicyclic) bond motifs is 1. The van der Waals surface area contributed by atoms with E-state index in [0.29, 0.717) is 89.9 Å². The van der Waals surface area contributed by atoms with Crippen molar-refractivity contribution in [2.75, 3.05) is 65.9 Å². The van der Waals surface area contributed by atoms with Crippen LogP contribution in [0.4, 0.5) is 9.59 Å². The van der Waals surface area contributed by atoms with Gasteiger partial charge in [-0.2, -0.15) is 0 Å². The third kappa shape index (κ3) is 16.2. The van der Waals surface area contributed by atoms with Crippen LogP contribution in [0.15, 0.2) is 0 Å². The summed E-state index contributed by atoms with van der Waals surface area (Å²) in [7, 11) is 0. The fourth-order valence-corrected chi connectivity index (χ4v) is 4.34. The number of carbonyl (C=O) groups excluding carboxylic acids is 3. The first-order valence-corrected chi connectivity index (χ1v) is 14.1. The van der Waals surface area contributed by atoms with Gasteiger partial charge in [0.15, 0.2) is 0 Å². The monoisotopic (exact) mass is 553 g/mol. The van der Waals surface area contributed by atoms with E-state index in [2.05, 4.69) is 27.8 Å². The van der Waals surface area contributed by atoms with Crippen LogP contribution in [0.3, 0.4) is 0 Å². The van der Waals surface area contributed by atoms with E-state index in [1.54, 1.807) is 20.8 Å². The van der Waals surface area contributed by atoms with Crippen molar-refractivity contribution in [1.29, 1.82) is 0 Å². The molecule has 39 heavy (non-hydrogen) atoms. The Balaban J connectivity index is 1.27. The molecule has 222 valence electrons. The van der Waals surface area contributed by atoms with Gasteiger partial charge in [-0.25, -0.2) is 9.59 Å². The molecule has 0 aromatic heterocycles. The molecule has 0 saturated heterocycles. The number of ether oxygens (including phenoxy) is 5. The van der Waals surface area contributed by atoms with Crippen molar-refractivity contribution in [2.24, 2.45) is 17.8 Å². The molecule has 2 atom stereocenters. The maximum absolute atomic E-state index is 11.9. The SMILES string of the molecule is CC(C)(C)OC(=O)NCC(=O)NCCCOCCOCCOCCCNC(=O)OCC1C2CCC#CCCC21. The Morgan fingerprint density at radius 1 is 0.744 bits per heavy atom.